The third kappa shape index (κ3) is 40.6. The number of benzene rings is 6. The van der Waals surface area contributed by atoms with Gasteiger partial charge in [0.15, 0.2) is 0 Å². The first-order chi connectivity index (χ1) is 64.7. The molecule has 9 aromatic rings. The molecule has 7 aliphatic rings. The number of fused-ring (bicyclic) bond motifs is 1. The van der Waals surface area contributed by atoms with E-state index >= 15 is 0 Å². The number of nitrogens with zero attached hydrogens (tertiary/aromatic N) is 5. The fraction of sp³-hybridized carbons (Fsp3) is 0.608. The van der Waals surface area contributed by atoms with E-state index in [2.05, 4.69) is 311 Å². The number of aromatic nitrogens is 5. The average molecular weight is 1900 g/mol. The van der Waals surface area contributed by atoms with Crippen molar-refractivity contribution in [1.29, 1.82) is 0 Å². The van der Waals surface area contributed by atoms with E-state index in [4.69, 9.17) is 49.5 Å². The van der Waals surface area contributed by atoms with Gasteiger partial charge in [-0.15, -0.1) is 0 Å². The quantitative estimate of drug-likeness (QED) is 0.0996. The Hall–Kier alpha value is -7.77. The van der Waals surface area contributed by atoms with Crippen LogP contribution in [0.25, 0.3) is 10.9 Å². The number of anilines is 2. The molecule has 7 aliphatic heterocycles. The van der Waals surface area contributed by atoms with Crippen molar-refractivity contribution in [3.63, 3.8) is 0 Å². The van der Waals surface area contributed by atoms with Crippen LogP contribution in [0.1, 0.15) is 329 Å². The van der Waals surface area contributed by atoms with Gasteiger partial charge in [0.25, 0.3) is 0 Å². The second-order valence-corrected chi connectivity index (χ2v) is 47.8. The number of rotatable bonds is 15. The molecule has 137 heavy (non-hydrogen) atoms. The van der Waals surface area contributed by atoms with Crippen LogP contribution in [0.3, 0.4) is 0 Å². The smallest absolute Gasteiger partial charge is 0.128 e. The van der Waals surface area contributed by atoms with Gasteiger partial charge in [0.2, 0.25) is 0 Å². The van der Waals surface area contributed by atoms with Crippen molar-refractivity contribution in [3.8, 4) is 5.75 Å². The summed E-state index contributed by atoms with van der Waals surface area (Å²) >= 11 is 6.21. The van der Waals surface area contributed by atoms with Crippen LogP contribution in [-0.4, -0.2) is 137 Å². The Morgan fingerprint density at radius 1 is 0.328 bits per heavy atom. The van der Waals surface area contributed by atoms with Crippen LogP contribution in [-0.2, 0) is 109 Å². The lowest BCUT2D eigenvalue weighted by Crippen LogP contribution is -2.28. The normalized spacial score (nSPS) is 17.4. The number of hydrogen-bond acceptors (Lipinski definition) is 15. The van der Waals surface area contributed by atoms with Gasteiger partial charge in [-0.25, -0.2) is 24.3 Å². The van der Waals surface area contributed by atoms with E-state index < -0.39 is 0 Å². The maximum absolute atomic E-state index is 13.9. The van der Waals surface area contributed by atoms with E-state index in [1.807, 2.05) is 42.7 Å². The highest BCUT2D eigenvalue weighted by atomic mass is 35.5. The Kier molecular flexibility index (Phi) is 44.4. The topological polar surface area (TPSA) is 162 Å². The van der Waals surface area contributed by atoms with Gasteiger partial charge in [0.05, 0.1) is 12.6 Å². The number of methoxy groups -OCH3 is 1. The number of ether oxygens (including phenoxy) is 8. The molecule has 0 saturated carbocycles. The van der Waals surface area contributed by atoms with Crippen LogP contribution in [0, 0.1) is 35.4 Å². The van der Waals surface area contributed by atoms with E-state index in [1.54, 1.807) is 19.5 Å². The molecule has 7 fully saturated rings. The number of nitrogens with one attached hydrogen (secondary N) is 2. The molecule has 0 atom stereocenters. The molecular weight excluding hydrogens is 1720 g/mol. The van der Waals surface area contributed by atoms with Gasteiger partial charge in [-0.3, -0.25) is 4.98 Å². The number of halogens is 2. The van der Waals surface area contributed by atoms with E-state index in [9.17, 15) is 4.39 Å². The summed E-state index contributed by atoms with van der Waals surface area (Å²) in [4.78, 5) is 22.1. The highest BCUT2D eigenvalue weighted by Gasteiger charge is 2.28. The van der Waals surface area contributed by atoms with Crippen LogP contribution >= 0.6 is 11.6 Å². The SMILES string of the molecule is CC(C)(C)c1cc(CC2CCOCC2)ncn1.CC(C)(C)c1cc(Cl)cc(NC2CCOCC2)c1.CC(C)(C)c1ccc(F)c(CC2CCOCC2)c1.CC(C)(C)c1ccc(NC2CCOCC2)cc1.CC(C)(C)c1ccc2ncccc2c1.CC(C)(C)c1cccc(CC2CCOCC2)c1.CC(C)(C)c1ccnc(CC2CCOCC2)n1.COc1ccc(C(C)(C)C)cc1CC1CCOCC1. The van der Waals surface area contributed by atoms with Crippen molar-refractivity contribution in [2.24, 2.45) is 29.6 Å². The van der Waals surface area contributed by atoms with Gasteiger partial charge >= 0.3 is 0 Å². The fourth-order valence-corrected chi connectivity index (χ4v) is 18.0. The summed E-state index contributed by atoms with van der Waals surface area (Å²) < 4.78 is 57.1. The largest absolute Gasteiger partial charge is 0.496 e. The first-order valence-corrected chi connectivity index (χ1v) is 52.1. The van der Waals surface area contributed by atoms with Crippen molar-refractivity contribution in [3.05, 3.63) is 248 Å². The Bertz CT molecular complexity index is 4810. The van der Waals surface area contributed by atoms with Gasteiger partial charge in [-0.2, -0.15) is 0 Å². The molecule has 0 radical (unpaired) electrons. The molecule has 2 N–H and O–H groups in total. The maximum Gasteiger partial charge on any atom is 0.128 e. The van der Waals surface area contributed by atoms with Crippen molar-refractivity contribution < 1.29 is 42.3 Å². The lowest BCUT2D eigenvalue weighted by Gasteiger charge is -2.26. The summed E-state index contributed by atoms with van der Waals surface area (Å²) in [7, 11) is 1.76. The minimum atomic E-state index is -0.0607. The Morgan fingerprint density at radius 3 is 1.23 bits per heavy atom. The Morgan fingerprint density at radius 2 is 0.745 bits per heavy atom. The maximum atomic E-state index is 13.9. The standard InChI is InChI=1S/C17H26O2.C16H23FO.C16H24O.C15H22ClNO.C15H23NO.2C14H22N2O.C13H15N/c1-17(2,3)15-5-6-16(18-4)14(12-15)11-13-7-9-19-10-8-13;1-16(2,3)14-4-5-15(17)13(11-14)10-12-6-8-18-9-7-12;1-16(2,3)15-6-4-5-14(12-15)11-13-7-9-17-10-8-13;1-15(2,3)11-8-12(16)10-14(9-11)17-13-4-6-18-7-5-13;1-15(2,3)12-4-6-13(7-5-12)16-14-8-10-17-11-9-14;1-14(2,3)12-4-7-15-13(16-12)10-11-5-8-17-9-6-11;1-14(2,3)13-9-12(15-10-16-13)8-11-4-6-17-7-5-11;1-13(2,3)11-6-7-12-10(9-11)5-4-8-14-12/h5-6,12-13H,7-11H2,1-4H3;4-5,11-12H,6-10H2,1-3H3;4-6,12-13H,7-11H2,1-3H3;8-10,13,17H,4-7H2,1-3H3;4-7,14,16H,8-11H2,1-3H3;4,7,11H,5-6,8-10H2,1-3H3;9-11H,4-8H2,1-3H3;4-9H,1-3H3. The summed E-state index contributed by atoms with van der Waals surface area (Å²) in [6, 6.07) is 52.2. The lowest BCUT2D eigenvalue weighted by atomic mass is 9.84. The molecule has 17 heteroatoms. The van der Waals surface area contributed by atoms with E-state index in [1.165, 1.54) is 93.4 Å². The van der Waals surface area contributed by atoms with Crippen molar-refractivity contribution in [1.82, 2.24) is 24.9 Å². The molecule has 0 aliphatic carbocycles. The summed E-state index contributed by atoms with van der Waals surface area (Å²) in [5, 5.41) is 9.17. The summed E-state index contributed by atoms with van der Waals surface area (Å²) in [6.45, 7) is 65.7. The van der Waals surface area contributed by atoms with E-state index in [-0.39, 0.29) is 49.1 Å². The molecule has 15 nitrogen and oxygen atoms in total. The predicted molar refractivity (Wildman–Crippen MR) is 570 cm³/mol. The highest BCUT2D eigenvalue weighted by Crippen LogP contribution is 2.37. The average Bonchev–Trinajstić information content (AvgIpc) is 0.842. The summed E-state index contributed by atoms with van der Waals surface area (Å²) in [5.74, 6) is 5.50. The van der Waals surface area contributed by atoms with Crippen LogP contribution < -0.4 is 15.4 Å². The second kappa shape index (κ2) is 53.9. The van der Waals surface area contributed by atoms with Gasteiger partial charge in [0, 0.05) is 173 Å². The molecule has 10 heterocycles. The Balaban J connectivity index is 0.000000176. The number of pyridine rings is 1. The minimum absolute atomic E-state index is 0.0607. The van der Waals surface area contributed by atoms with Crippen molar-refractivity contribution in [2.75, 3.05) is 110 Å². The third-order valence-electron chi connectivity index (χ3n) is 27.2. The fourth-order valence-electron chi connectivity index (χ4n) is 17.7. The Labute approximate surface area is 833 Å². The molecule has 0 bridgehead atoms. The van der Waals surface area contributed by atoms with E-state index in [0.717, 1.165) is 245 Å². The van der Waals surface area contributed by atoms with Gasteiger partial charge in [-0.05, 0) is 301 Å². The minimum Gasteiger partial charge on any atom is -0.496 e. The van der Waals surface area contributed by atoms with Gasteiger partial charge in [0.1, 0.15) is 23.7 Å². The molecule has 7 saturated heterocycles. The first-order valence-electron chi connectivity index (χ1n) is 51.8. The molecule has 754 valence electrons. The van der Waals surface area contributed by atoms with Crippen LogP contribution in [0.4, 0.5) is 15.8 Å². The van der Waals surface area contributed by atoms with E-state index in [0.29, 0.717) is 23.9 Å². The lowest BCUT2D eigenvalue weighted by molar-refractivity contribution is 0.0659. The zero-order valence-electron chi connectivity index (χ0n) is 89.2. The second-order valence-electron chi connectivity index (χ2n) is 47.4. The summed E-state index contributed by atoms with van der Waals surface area (Å²) in [5.41, 5.74) is 19.9. The van der Waals surface area contributed by atoms with Gasteiger partial charge in [-0.1, -0.05) is 251 Å². The predicted octanol–water partition coefficient (Wildman–Crippen LogP) is 28.8. The highest BCUT2D eigenvalue weighted by molar-refractivity contribution is 6.31. The zero-order chi connectivity index (χ0) is 99.6. The molecule has 16 rings (SSSR count). The molecule has 0 unspecified atom stereocenters. The van der Waals surface area contributed by atoms with Crippen LogP contribution in [0.15, 0.2) is 164 Å². The zero-order valence-corrected chi connectivity index (χ0v) is 90.0. The monoisotopic (exact) mass is 1900 g/mol. The number of hydrogen-bond donors (Lipinski definition) is 2. The molecule has 3 aromatic heterocycles. The van der Waals surface area contributed by atoms with Gasteiger partial charge < -0.3 is 48.5 Å². The molecule has 0 spiro atoms. The molecule has 0 amide bonds. The molecule has 6 aromatic carbocycles. The van der Waals surface area contributed by atoms with Crippen molar-refractivity contribution >= 4 is 33.9 Å². The third-order valence-corrected chi connectivity index (χ3v) is 27.4. The first kappa shape index (κ1) is 113. The summed E-state index contributed by atoms with van der Waals surface area (Å²) in [6.07, 6.45) is 26.5. The van der Waals surface area contributed by atoms with Crippen LogP contribution in [0.5, 0.6) is 5.75 Å². The molecular formula is C120H177ClFN7O8. The van der Waals surface area contributed by atoms with Crippen molar-refractivity contribution in [2.45, 2.75) is 344 Å². The van der Waals surface area contributed by atoms with Crippen LogP contribution in [0.2, 0.25) is 5.02 Å².